The van der Waals surface area contributed by atoms with Crippen molar-refractivity contribution in [3.63, 3.8) is 0 Å². The van der Waals surface area contributed by atoms with Crippen molar-refractivity contribution in [3.05, 3.63) is 30.4 Å². The van der Waals surface area contributed by atoms with Crippen molar-refractivity contribution in [3.8, 4) is 0 Å². The third-order valence-corrected chi connectivity index (χ3v) is 9.57. The summed E-state index contributed by atoms with van der Waals surface area (Å²) in [4.78, 5) is 60.3. The van der Waals surface area contributed by atoms with Crippen molar-refractivity contribution in [1.29, 1.82) is 0 Å². The van der Waals surface area contributed by atoms with Gasteiger partial charge in [0.25, 0.3) is 0 Å². The fraction of sp³-hybridized carbons (Fsp3) is 0.735. The summed E-state index contributed by atoms with van der Waals surface area (Å²) in [5.41, 5.74) is -1.13. The fourth-order valence-corrected chi connectivity index (χ4v) is 6.89. The van der Waals surface area contributed by atoms with E-state index in [1.165, 1.54) is 25.6 Å². The molecule has 45 heavy (non-hydrogen) atoms. The van der Waals surface area contributed by atoms with Gasteiger partial charge in [-0.25, -0.2) is 14.3 Å². The lowest BCUT2D eigenvalue weighted by Gasteiger charge is -2.44. The minimum Gasteiger partial charge on any atom is -0.457 e. The zero-order valence-corrected chi connectivity index (χ0v) is 28.8. The summed E-state index contributed by atoms with van der Waals surface area (Å²) < 4.78 is 25.9. The molecule has 3 rings (SSSR count). The molecule has 0 N–H and O–H groups in total. The number of imidazole rings is 1. The SMILES string of the molecule is CC[C@H]1OC(=O)[C@H](C)C(=O)[C@H](C)[C@@H](O[C@@H]2O[C@H](C)C[C@H](N(C)C)[C@H]2C)[C@@H](C)C[C@@H](C)C(=O)/C(C)=C/[C@]1(C)OC(=O)n1ccnc1. The third-order valence-electron chi connectivity index (χ3n) is 9.57. The van der Waals surface area contributed by atoms with E-state index in [2.05, 4.69) is 16.8 Å². The largest absolute Gasteiger partial charge is 0.457 e. The van der Waals surface area contributed by atoms with Gasteiger partial charge in [0.2, 0.25) is 0 Å². The molecule has 0 saturated carbocycles. The average molecular weight is 632 g/mol. The van der Waals surface area contributed by atoms with Gasteiger partial charge < -0.3 is 23.8 Å². The minimum atomic E-state index is -1.50. The van der Waals surface area contributed by atoms with Crippen LogP contribution in [0, 0.1) is 29.6 Å². The second kappa shape index (κ2) is 15.1. The average Bonchev–Trinajstić information content (AvgIpc) is 3.53. The molecule has 0 aliphatic carbocycles. The van der Waals surface area contributed by atoms with E-state index in [0.717, 1.165) is 11.0 Å². The van der Waals surface area contributed by atoms with Crippen LogP contribution in [0.4, 0.5) is 4.79 Å². The summed E-state index contributed by atoms with van der Waals surface area (Å²) in [7, 11) is 4.08. The summed E-state index contributed by atoms with van der Waals surface area (Å²) in [5.74, 6) is -3.64. The molecule has 0 amide bonds. The standard InChI is InChI=1S/C34H53N3O8/c1-12-27-34(9,45-33(41)37-14-13-35-18-37)17-21(4)28(38)19(2)15-20(3)30(24(7)29(39)25(8)31(40)43-27)44-32-23(6)26(36(10)11)16-22(5)42-32/h13-14,17-20,22-27,30,32H,12,15-16H2,1-11H3/b21-17+/t19-,20+,22-,23-,24+,25-,26+,27-,30+,32+,34+/m1/s1. The second-order valence-corrected chi connectivity index (χ2v) is 13.6. The monoisotopic (exact) mass is 631 g/mol. The molecule has 1 saturated heterocycles. The van der Waals surface area contributed by atoms with Crippen molar-refractivity contribution >= 4 is 23.6 Å². The maximum Gasteiger partial charge on any atom is 0.420 e. The van der Waals surface area contributed by atoms with Crippen LogP contribution < -0.4 is 0 Å². The summed E-state index contributed by atoms with van der Waals surface area (Å²) in [5, 5.41) is 0. The first-order chi connectivity index (χ1) is 21.0. The lowest BCUT2D eigenvalue weighted by Crippen LogP contribution is -2.52. The van der Waals surface area contributed by atoms with Gasteiger partial charge in [-0.1, -0.05) is 34.6 Å². The Kier molecular flexibility index (Phi) is 12.3. The molecule has 0 radical (unpaired) electrons. The molecule has 252 valence electrons. The van der Waals surface area contributed by atoms with Gasteiger partial charge in [-0.3, -0.25) is 14.4 Å². The van der Waals surface area contributed by atoms with Gasteiger partial charge in [0, 0.05) is 36.2 Å². The number of esters is 1. The Morgan fingerprint density at radius 3 is 2.36 bits per heavy atom. The van der Waals surface area contributed by atoms with Crippen LogP contribution >= 0.6 is 0 Å². The van der Waals surface area contributed by atoms with Gasteiger partial charge in [-0.15, -0.1) is 0 Å². The van der Waals surface area contributed by atoms with Gasteiger partial charge >= 0.3 is 12.1 Å². The number of carbonyl (C=O) groups is 4. The Hall–Kier alpha value is -2.89. The van der Waals surface area contributed by atoms with Crippen molar-refractivity contribution in [1.82, 2.24) is 14.5 Å². The Bertz CT molecular complexity index is 1230. The normalized spacial score (nSPS) is 38.7. The zero-order valence-electron chi connectivity index (χ0n) is 28.8. The molecule has 1 aromatic rings. The maximum absolute atomic E-state index is 13.9. The number of ether oxygens (including phenoxy) is 4. The van der Waals surface area contributed by atoms with Crippen molar-refractivity contribution in [2.75, 3.05) is 14.1 Å². The first-order valence-electron chi connectivity index (χ1n) is 16.2. The molecule has 11 nitrogen and oxygen atoms in total. The van der Waals surface area contributed by atoms with Crippen molar-refractivity contribution in [2.24, 2.45) is 29.6 Å². The molecule has 0 spiro atoms. The second-order valence-electron chi connectivity index (χ2n) is 13.6. The Morgan fingerprint density at radius 1 is 1.11 bits per heavy atom. The number of aromatic nitrogens is 2. The smallest absolute Gasteiger partial charge is 0.420 e. The molecule has 11 heteroatoms. The van der Waals surface area contributed by atoms with Crippen LogP contribution in [0.1, 0.15) is 81.6 Å². The highest BCUT2D eigenvalue weighted by molar-refractivity contribution is 6.00. The summed E-state index contributed by atoms with van der Waals surface area (Å²) in [6.45, 7) is 16.3. The number of nitrogens with zero attached hydrogens (tertiary/aromatic N) is 3. The quantitative estimate of drug-likeness (QED) is 0.321. The van der Waals surface area contributed by atoms with Crippen LogP contribution in [-0.4, -0.2) is 88.4 Å². The van der Waals surface area contributed by atoms with Crippen LogP contribution in [0.25, 0.3) is 0 Å². The van der Waals surface area contributed by atoms with Crippen molar-refractivity contribution in [2.45, 2.75) is 118 Å². The summed E-state index contributed by atoms with van der Waals surface area (Å²) >= 11 is 0. The van der Waals surface area contributed by atoms with E-state index >= 15 is 0 Å². The molecule has 11 atom stereocenters. The number of carbonyl (C=O) groups excluding carboxylic acids is 4. The number of hydrogen-bond acceptors (Lipinski definition) is 10. The molecule has 1 aromatic heterocycles. The highest BCUT2D eigenvalue weighted by Crippen LogP contribution is 2.35. The highest BCUT2D eigenvalue weighted by Gasteiger charge is 2.45. The zero-order chi connectivity index (χ0) is 33.8. The van der Waals surface area contributed by atoms with Gasteiger partial charge in [0.05, 0.1) is 12.2 Å². The maximum atomic E-state index is 13.9. The summed E-state index contributed by atoms with van der Waals surface area (Å²) in [6.07, 6.45) is 4.35. The van der Waals surface area contributed by atoms with Crippen molar-refractivity contribution < 1.29 is 38.1 Å². The molecular formula is C34H53N3O8. The van der Waals surface area contributed by atoms with Gasteiger partial charge in [-0.2, -0.15) is 0 Å². The molecule has 0 bridgehead atoms. The molecule has 3 heterocycles. The number of rotatable bonds is 5. The lowest BCUT2D eigenvalue weighted by molar-refractivity contribution is -0.259. The van der Waals surface area contributed by atoms with Crippen LogP contribution in [-0.2, 0) is 33.3 Å². The Morgan fingerprint density at radius 2 is 1.78 bits per heavy atom. The van der Waals surface area contributed by atoms with Crippen LogP contribution in [0.5, 0.6) is 0 Å². The van der Waals surface area contributed by atoms with Crippen LogP contribution in [0.15, 0.2) is 30.4 Å². The fourth-order valence-electron chi connectivity index (χ4n) is 6.89. The van der Waals surface area contributed by atoms with E-state index < -0.39 is 53.9 Å². The first-order valence-corrected chi connectivity index (χ1v) is 16.2. The molecule has 2 aliphatic rings. The molecule has 1 fully saturated rings. The van der Waals surface area contributed by atoms with E-state index in [9.17, 15) is 19.2 Å². The number of Topliss-reactive ketones (excluding diaryl/α,β-unsaturated/α-hetero) is 2. The number of allylic oxidation sites excluding steroid dienone is 1. The van der Waals surface area contributed by atoms with Gasteiger partial charge in [0.15, 0.2) is 23.5 Å². The first kappa shape index (κ1) is 36.6. The number of cyclic esters (lactones) is 1. The van der Waals surface area contributed by atoms with E-state index in [0.29, 0.717) is 12.0 Å². The topological polar surface area (TPSA) is 126 Å². The predicted octanol–water partition coefficient (Wildman–Crippen LogP) is 5.07. The third kappa shape index (κ3) is 8.48. The molecular weight excluding hydrogens is 578 g/mol. The van der Waals surface area contributed by atoms with Gasteiger partial charge in [0.1, 0.15) is 18.3 Å². The number of ketones is 2. The van der Waals surface area contributed by atoms with Crippen LogP contribution in [0.3, 0.4) is 0 Å². The molecule has 0 unspecified atom stereocenters. The molecule has 2 aliphatic heterocycles. The lowest BCUT2D eigenvalue weighted by atomic mass is 9.79. The minimum absolute atomic E-state index is 0.0263. The summed E-state index contributed by atoms with van der Waals surface area (Å²) in [6, 6.07) is 0.226. The van der Waals surface area contributed by atoms with E-state index in [4.69, 9.17) is 18.9 Å². The van der Waals surface area contributed by atoms with E-state index in [-0.39, 0.29) is 42.0 Å². The molecule has 0 aromatic carbocycles. The predicted molar refractivity (Wildman–Crippen MR) is 168 cm³/mol. The van der Waals surface area contributed by atoms with Gasteiger partial charge in [-0.05, 0) is 78.6 Å². The Labute approximate surface area is 268 Å². The van der Waals surface area contributed by atoms with E-state index in [1.54, 1.807) is 33.8 Å². The Balaban J connectivity index is 2.01. The van der Waals surface area contributed by atoms with Crippen LogP contribution in [0.2, 0.25) is 0 Å². The highest BCUT2D eigenvalue weighted by atomic mass is 16.7. The number of hydrogen-bond donors (Lipinski definition) is 0. The van der Waals surface area contributed by atoms with E-state index in [1.807, 2.05) is 34.9 Å².